The van der Waals surface area contributed by atoms with Crippen LogP contribution < -0.4 is 20.1 Å². The van der Waals surface area contributed by atoms with E-state index in [1.807, 2.05) is 57.2 Å². The van der Waals surface area contributed by atoms with Crippen LogP contribution in [0.4, 0.5) is 0 Å². The summed E-state index contributed by atoms with van der Waals surface area (Å²) in [5.41, 5.74) is 1.49. The predicted octanol–water partition coefficient (Wildman–Crippen LogP) is 5.12. The Labute approximate surface area is 200 Å². The summed E-state index contributed by atoms with van der Waals surface area (Å²) < 4.78 is 11.7. The van der Waals surface area contributed by atoms with E-state index in [2.05, 4.69) is 10.6 Å². The monoisotopic (exact) mass is 470 g/mol. The highest BCUT2D eigenvalue weighted by Gasteiger charge is 2.20. The number of carbonyl (C=O) groups is 2. The van der Waals surface area contributed by atoms with Gasteiger partial charge in [0.1, 0.15) is 0 Å². The number of hydrogen-bond donors (Lipinski definition) is 2. The van der Waals surface area contributed by atoms with Gasteiger partial charge in [-0.15, -0.1) is 11.8 Å². The lowest BCUT2D eigenvalue weighted by Gasteiger charge is -2.20. The summed E-state index contributed by atoms with van der Waals surface area (Å²) >= 11 is 1.36. The minimum atomic E-state index is -0.228. The summed E-state index contributed by atoms with van der Waals surface area (Å²) in [4.78, 5) is 25.8. The molecule has 0 saturated heterocycles. The lowest BCUT2D eigenvalue weighted by Crippen LogP contribution is -2.31. The van der Waals surface area contributed by atoms with E-state index in [-0.39, 0.29) is 35.8 Å². The van der Waals surface area contributed by atoms with Crippen LogP contribution in [-0.2, 0) is 4.79 Å². The molecule has 1 aliphatic carbocycles. The lowest BCUT2D eigenvalue weighted by atomic mass is 10.1. The van der Waals surface area contributed by atoms with Crippen molar-refractivity contribution in [1.29, 1.82) is 0 Å². The maximum Gasteiger partial charge on any atom is 0.252 e. The molecule has 1 unspecified atom stereocenters. The van der Waals surface area contributed by atoms with Crippen molar-refractivity contribution in [3.8, 4) is 11.5 Å². The average Bonchev–Trinajstić information content (AvgIpc) is 3.30. The van der Waals surface area contributed by atoms with Gasteiger partial charge in [-0.2, -0.15) is 0 Å². The third-order valence-corrected chi connectivity index (χ3v) is 6.64. The molecule has 2 aromatic carbocycles. The molecule has 6 nitrogen and oxygen atoms in total. The first-order valence-corrected chi connectivity index (χ1v) is 12.5. The molecule has 2 amide bonds. The Bertz CT molecular complexity index is 957. The zero-order valence-electron chi connectivity index (χ0n) is 19.9. The summed E-state index contributed by atoms with van der Waals surface area (Å²) in [6, 6.07) is 13.0. The van der Waals surface area contributed by atoms with Gasteiger partial charge in [0.15, 0.2) is 11.5 Å². The van der Waals surface area contributed by atoms with Gasteiger partial charge in [-0.1, -0.05) is 18.2 Å². The number of amides is 2. The van der Waals surface area contributed by atoms with Crippen molar-refractivity contribution in [3.05, 3.63) is 53.6 Å². The van der Waals surface area contributed by atoms with Crippen LogP contribution in [0.3, 0.4) is 0 Å². The summed E-state index contributed by atoms with van der Waals surface area (Å²) in [6.07, 6.45) is 4.81. The van der Waals surface area contributed by atoms with E-state index in [1.54, 1.807) is 13.2 Å². The highest BCUT2D eigenvalue weighted by molar-refractivity contribution is 8.00. The Morgan fingerprint density at radius 3 is 2.45 bits per heavy atom. The molecule has 1 fully saturated rings. The van der Waals surface area contributed by atoms with Crippen LogP contribution in [0.25, 0.3) is 0 Å². The largest absolute Gasteiger partial charge is 0.493 e. The number of rotatable bonds is 10. The van der Waals surface area contributed by atoms with E-state index >= 15 is 0 Å². The molecular formula is C26H34N2O4S. The van der Waals surface area contributed by atoms with Crippen molar-refractivity contribution in [2.24, 2.45) is 0 Å². The van der Waals surface area contributed by atoms with E-state index in [1.165, 1.54) is 24.6 Å². The molecule has 0 heterocycles. The van der Waals surface area contributed by atoms with Gasteiger partial charge < -0.3 is 20.1 Å². The van der Waals surface area contributed by atoms with Gasteiger partial charge in [0.25, 0.3) is 5.91 Å². The summed E-state index contributed by atoms with van der Waals surface area (Å²) in [6.45, 7) is 5.79. The zero-order chi connectivity index (χ0) is 23.8. The molecule has 0 aromatic heterocycles. The second-order valence-corrected chi connectivity index (χ2v) is 9.65. The van der Waals surface area contributed by atoms with E-state index in [0.29, 0.717) is 11.3 Å². The van der Waals surface area contributed by atoms with Crippen molar-refractivity contribution in [2.75, 3.05) is 12.9 Å². The van der Waals surface area contributed by atoms with Crippen molar-refractivity contribution in [3.63, 3.8) is 0 Å². The number of carbonyl (C=O) groups excluding carboxylic acids is 2. The van der Waals surface area contributed by atoms with E-state index in [4.69, 9.17) is 9.47 Å². The number of thioether (sulfide) groups is 1. The van der Waals surface area contributed by atoms with Crippen LogP contribution in [0, 0.1) is 0 Å². The van der Waals surface area contributed by atoms with Crippen LogP contribution in [0.15, 0.2) is 47.4 Å². The molecule has 1 aliphatic rings. The number of nitrogens with one attached hydrogen (secondary N) is 2. The molecule has 178 valence electrons. The van der Waals surface area contributed by atoms with E-state index < -0.39 is 0 Å². The van der Waals surface area contributed by atoms with Crippen LogP contribution in [0.5, 0.6) is 11.5 Å². The molecule has 2 aromatic rings. The normalized spacial score (nSPS) is 14.7. The first-order valence-electron chi connectivity index (χ1n) is 11.5. The third kappa shape index (κ3) is 7.16. The van der Waals surface area contributed by atoms with Gasteiger partial charge in [0, 0.05) is 10.9 Å². The fourth-order valence-corrected chi connectivity index (χ4v) is 4.74. The molecule has 1 saturated carbocycles. The molecular weight excluding hydrogens is 436 g/mol. The lowest BCUT2D eigenvalue weighted by molar-refractivity contribution is -0.119. The molecule has 0 spiro atoms. The quantitative estimate of drug-likeness (QED) is 0.471. The first kappa shape index (κ1) is 25.0. The molecule has 1 atom stereocenters. The van der Waals surface area contributed by atoms with Gasteiger partial charge in [-0.3, -0.25) is 9.59 Å². The minimum Gasteiger partial charge on any atom is -0.493 e. The van der Waals surface area contributed by atoms with Crippen LogP contribution in [-0.4, -0.2) is 36.8 Å². The summed E-state index contributed by atoms with van der Waals surface area (Å²) in [7, 11) is 1.63. The second-order valence-electron chi connectivity index (χ2n) is 8.64. The van der Waals surface area contributed by atoms with Gasteiger partial charge in [0.2, 0.25) is 5.91 Å². The maximum absolute atomic E-state index is 13.0. The van der Waals surface area contributed by atoms with Crippen LogP contribution in [0.1, 0.15) is 68.4 Å². The highest BCUT2D eigenvalue weighted by atomic mass is 32.2. The SMILES string of the molecule is COc1cc(C(C)NC(=O)c2ccccc2SCC(=O)NC(C)C)ccc1OC1CCCC1. The van der Waals surface area contributed by atoms with Crippen molar-refractivity contribution >= 4 is 23.6 Å². The first-order chi connectivity index (χ1) is 15.9. The topological polar surface area (TPSA) is 76.7 Å². The predicted molar refractivity (Wildman–Crippen MR) is 132 cm³/mol. The minimum absolute atomic E-state index is 0.0504. The second kappa shape index (κ2) is 12.0. The maximum atomic E-state index is 13.0. The summed E-state index contributed by atoms with van der Waals surface area (Å²) in [5.74, 6) is 1.45. The van der Waals surface area contributed by atoms with Crippen molar-refractivity contribution in [2.45, 2.75) is 69.5 Å². The van der Waals surface area contributed by atoms with Gasteiger partial charge in [-0.05, 0) is 76.3 Å². The average molecular weight is 471 g/mol. The van der Waals surface area contributed by atoms with Crippen LogP contribution in [0.2, 0.25) is 0 Å². The van der Waals surface area contributed by atoms with E-state index in [9.17, 15) is 9.59 Å². The standard InChI is InChI=1S/C26H34N2O4S/c1-17(2)27-25(29)16-33-24-12-8-7-11-21(24)26(30)28-18(3)19-13-14-22(23(15-19)31-4)32-20-9-5-6-10-20/h7-8,11-15,17-18,20H,5-6,9-10,16H2,1-4H3,(H,27,29)(H,28,30). The fraction of sp³-hybridized carbons (Fsp3) is 0.462. The number of benzene rings is 2. The Balaban J connectivity index is 1.66. The molecule has 0 bridgehead atoms. The van der Waals surface area contributed by atoms with Crippen molar-refractivity contribution < 1.29 is 19.1 Å². The zero-order valence-corrected chi connectivity index (χ0v) is 20.7. The van der Waals surface area contributed by atoms with Gasteiger partial charge in [-0.25, -0.2) is 0 Å². The van der Waals surface area contributed by atoms with Gasteiger partial charge in [0.05, 0.1) is 30.6 Å². The molecule has 3 rings (SSSR count). The van der Waals surface area contributed by atoms with E-state index in [0.717, 1.165) is 29.1 Å². The number of methoxy groups -OCH3 is 1. The molecule has 0 aliphatic heterocycles. The molecule has 7 heteroatoms. The fourth-order valence-electron chi connectivity index (χ4n) is 3.88. The van der Waals surface area contributed by atoms with Gasteiger partial charge >= 0.3 is 0 Å². The highest BCUT2D eigenvalue weighted by Crippen LogP contribution is 2.34. The Morgan fingerprint density at radius 2 is 1.76 bits per heavy atom. The Morgan fingerprint density at radius 1 is 1.03 bits per heavy atom. The Hall–Kier alpha value is -2.67. The molecule has 33 heavy (non-hydrogen) atoms. The smallest absolute Gasteiger partial charge is 0.252 e. The molecule has 2 N–H and O–H groups in total. The summed E-state index contributed by atoms with van der Waals surface area (Å²) in [5, 5.41) is 5.94. The van der Waals surface area contributed by atoms with Crippen molar-refractivity contribution in [1.82, 2.24) is 10.6 Å². The van der Waals surface area contributed by atoms with Crippen LogP contribution >= 0.6 is 11.8 Å². The number of hydrogen-bond acceptors (Lipinski definition) is 5. The molecule has 0 radical (unpaired) electrons. The Kier molecular flexibility index (Phi) is 9.06. The third-order valence-electron chi connectivity index (χ3n) is 5.57. The number of ether oxygens (including phenoxy) is 2.